The molecule has 4 aromatic carbocycles. The van der Waals surface area contributed by atoms with Crippen LogP contribution in [0.15, 0.2) is 129 Å². The molecular weight excluding hydrogens is 1040 g/mol. The van der Waals surface area contributed by atoms with E-state index in [-0.39, 0.29) is 69.9 Å². The minimum atomic E-state index is -4.55. The van der Waals surface area contributed by atoms with Gasteiger partial charge in [-0.15, -0.1) is 0 Å². The van der Waals surface area contributed by atoms with E-state index in [1.807, 2.05) is 0 Å². The van der Waals surface area contributed by atoms with Gasteiger partial charge < -0.3 is 20.1 Å². The van der Waals surface area contributed by atoms with Crippen LogP contribution in [0.1, 0.15) is 13.8 Å². The summed E-state index contributed by atoms with van der Waals surface area (Å²) in [5.41, 5.74) is 1.67. The molecular formula is C50H46F4N10O10S2. The smallest absolute Gasteiger partial charge is 0.265 e. The molecule has 0 saturated carbocycles. The summed E-state index contributed by atoms with van der Waals surface area (Å²) in [7, 11) is -3.53. The zero-order chi connectivity index (χ0) is 55.2. The molecule has 2 atom stereocenters. The summed E-state index contributed by atoms with van der Waals surface area (Å²) < 4.78 is 124. The van der Waals surface area contributed by atoms with Gasteiger partial charge in [0.2, 0.25) is 23.6 Å². The molecule has 0 unspecified atom stereocenters. The van der Waals surface area contributed by atoms with Crippen LogP contribution in [0, 0.1) is 35.1 Å². The van der Waals surface area contributed by atoms with Gasteiger partial charge in [-0.05, 0) is 71.8 Å². The van der Waals surface area contributed by atoms with Crippen LogP contribution < -0.4 is 40.7 Å². The molecule has 4 heterocycles. The fourth-order valence-electron chi connectivity index (χ4n) is 7.66. The van der Waals surface area contributed by atoms with Gasteiger partial charge in [0, 0.05) is 50.7 Å². The van der Waals surface area contributed by atoms with Crippen molar-refractivity contribution in [2.45, 2.75) is 36.7 Å². The van der Waals surface area contributed by atoms with Crippen molar-refractivity contribution in [2.24, 2.45) is 11.8 Å². The first kappa shape index (κ1) is 55.0. The molecule has 4 N–H and O–H groups in total. The molecule has 2 amide bonds. The molecule has 0 radical (unpaired) electrons. The van der Waals surface area contributed by atoms with Crippen LogP contribution in [0.4, 0.5) is 28.9 Å². The molecule has 0 aliphatic heterocycles. The number of ether oxygens (including phenoxy) is 2. The number of hydrogen-bond acceptors (Lipinski definition) is 14. The fourth-order valence-corrected chi connectivity index (χ4v) is 9.93. The average Bonchev–Trinajstić information content (AvgIpc) is 3.40. The van der Waals surface area contributed by atoms with Crippen LogP contribution in [-0.4, -0.2) is 86.0 Å². The molecule has 0 aliphatic rings. The zero-order valence-corrected chi connectivity index (χ0v) is 42.7. The second-order valence-electron chi connectivity index (χ2n) is 16.8. The Labute approximate surface area is 430 Å². The molecule has 8 aromatic rings. The van der Waals surface area contributed by atoms with E-state index in [9.17, 15) is 53.6 Å². The normalized spacial score (nSPS) is 12.2. The third kappa shape index (κ3) is 11.8. The van der Waals surface area contributed by atoms with Gasteiger partial charge in [0.15, 0.2) is 23.3 Å². The maximum atomic E-state index is 14.2. The lowest BCUT2D eigenvalue weighted by atomic mass is 10.0. The number of carbonyl (C=O) groups is 2. The van der Waals surface area contributed by atoms with Crippen LogP contribution in [0.5, 0.6) is 11.8 Å². The van der Waals surface area contributed by atoms with Gasteiger partial charge in [-0.1, -0.05) is 38.1 Å². The molecule has 396 valence electrons. The van der Waals surface area contributed by atoms with Gasteiger partial charge >= 0.3 is 0 Å². The standard InChI is InChI=1S/2C25H23F2N5O5S/c2*1-14(23(33)28-2)12-32-13-30-19-8-7-15(9-17(19)25(32)34)16-10-20(24(37-3)29-11-16)31-38(35,36)21-6-4-5-18(26)22(21)27/h2*4-11,13-14,31H,12H2,1-3H3,(H,28,33)/t2*14-/m10/s1. The first-order valence-electron chi connectivity index (χ1n) is 22.5. The van der Waals surface area contributed by atoms with Gasteiger partial charge in [-0.3, -0.25) is 37.8 Å². The highest BCUT2D eigenvalue weighted by Gasteiger charge is 2.26. The van der Waals surface area contributed by atoms with Crippen molar-refractivity contribution in [3.63, 3.8) is 0 Å². The Morgan fingerprint density at radius 3 is 1.30 bits per heavy atom. The van der Waals surface area contributed by atoms with E-state index in [0.29, 0.717) is 33.3 Å². The second kappa shape index (κ2) is 22.8. The van der Waals surface area contributed by atoms with Crippen molar-refractivity contribution >= 4 is 65.0 Å². The zero-order valence-electron chi connectivity index (χ0n) is 41.1. The van der Waals surface area contributed by atoms with Gasteiger partial charge in [0.1, 0.15) is 21.2 Å². The number of pyridine rings is 2. The van der Waals surface area contributed by atoms with Crippen LogP contribution in [-0.2, 0) is 42.7 Å². The van der Waals surface area contributed by atoms with Crippen LogP contribution in [0.2, 0.25) is 0 Å². The summed E-state index contributed by atoms with van der Waals surface area (Å²) in [5, 5.41) is 5.62. The van der Waals surface area contributed by atoms with Crippen molar-refractivity contribution in [2.75, 3.05) is 37.8 Å². The van der Waals surface area contributed by atoms with E-state index >= 15 is 0 Å². The van der Waals surface area contributed by atoms with Crippen molar-refractivity contribution in [3.05, 3.63) is 154 Å². The monoisotopic (exact) mass is 1090 g/mol. The Morgan fingerprint density at radius 1 is 0.566 bits per heavy atom. The van der Waals surface area contributed by atoms with Crippen LogP contribution in [0.25, 0.3) is 44.1 Å². The maximum Gasteiger partial charge on any atom is 0.265 e. The van der Waals surface area contributed by atoms with Crippen molar-refractivity contribution < 1.29 is 53.5 Å². The number of sulfonamides is 2. The number of benzene rings is 4. The number of hydrogen-bond donors (Lipinski definition) is 4. The Kier molecular flexibility index (Phi) is 16.5. The number of fused-ring (bicyclic) bond motifs is 2. The third-order valence-corrected chi connectivity index (χ3v) is 14.4. The number of rotatable bonds is 16. The predicted molar refractivity (Wildman–Crippen MR) is 272 cm³/mol. The first-order valence-corrected chi connectivity index (χ1v) is 25.5. The molecule has 26 heteroatoms. The molecule has 0 aliphatic carbocycles. The van der Waals surface area contributed by atoms with Gasteiger partial charge in [-0.2, -0.15) is 0 Å². The summed E-state index contributed by atoms with van der Waals surface area (Å²) in [4.78, 5) is 65.1. The molecule has 0 bridgehead atoms. The highest BCUT2D eigenvalue weighted by molar-refractivity contribution is 7.93. The van der Waals surface area contributed by atoms with E-state index in [1.54, 1.807) is 50.2 Å². The number of aromatic nitrogens is 6. The van der Waals surface area contributed by atoms with E-state index in [2.05, 4.69) is 40.0 Å². The molecule has 0 fully saturated rings. The molecule has 4 aromatic heterocycles. The minimum Gasteiger partial charge on any atom is -0.480 e. The topological polar surface area (TPSA) is 265 Å². The Bertz CT molecular complexity index is 3670. The van der Waals surface area contributed by atoms with Crippen molar-refractivity contribution in [1.29, 1.82) is 0 Å². The molecule has 8 rings (SSSR count). The number of halogens is 4. The lowest BCUT2D eigenvalue weighted by Crippen LogP contribution is -2.32. The summed E-state index contributed by atoms with van der Waals surface area (Å²) in [6, 6.07) is 18.1. The van der Waals surface area contributed by atoms with Crippen LogP contribution in [0.3, 0.4) is 0 Å². The first-order chi connectivity index (χ1) is 36.1. The number of nitrogens with zero attached hydrogens (tertiary/aromatic N) is 6. The maximum absolute atomic E-state index is 14.2. The number of amides is 2. The van der Waals surface area contributed by atoms with E-state index in [4.69, 9.17) is 9.47 Å². The third-order valence-electron chi connectivity index (χ3n) is 11.6. The predicted octanol–water partition coefficient (Wildman–Crippen LogP) is 5.86. The Morgan fingerprint density at radius 2 is 0.947 bits per heavy atom. The number of carbonyl (C=O) groups excluding carboxylic acids is 2. The van der Waals surface area contributed by atoms with Gasteiger partial charge in [0.05, 0.1) is 60.5 Å². The Hall–Kier alpha value is -8.78. The largest absolute Gasteiger partial charge is 0.480 e. The van der Waals surface area contributed by atoms with E-state index < -0.39 is 64.9 Å². The molecule has 76 heavy (non-hydrogen) atoms. The minimum absolute atomic E-state index is 0.109. The summed E-state index contributed by atoms with van der Waals surface area (Å²) in [5.74, 6) is -7.26. The lowest BCUT2D eigenvalue weighted by Gasteiger charge is -2.14. The average molecular weight is 1090 g/mol. The van der Waals surface area contributed by atoms with E-state index in [0.717, 1.165) is 36.4 Å². The number of anilines is 2. The van der Waals surface area contributed by atoms with Crippen molar-refractivity contribution in [1.82, 2.24) is 39.7 Å². The molecule has 20 nitrogen and oxygen atoms in total. The summed E-state index contributed by atoms with van der Waals surface area (Å²) >= 11 is 0. The summed E-state index contributed by atoms with van der Waals surface area (Å²) in [6.07, 6.45) is 5.56. The Balaban J connectivity index is 0.000000221. The highest BCUT2D eigenvalue weighted by Crippen LogP contribution is 2.33. The fraction of sp³-hybridized carbons (Fsp3) is 0.200. The second-order valence-corrected chi connectivity index (χ2v) is 20.1. The SMILES string of the molecule is CNC(=O)[C@@H](C)Cn1cnc2ccc(-c3cnc(OC)c(NS(=O)(=O)c4cccc(F)c4F)c3)cc2c1=O.CNC(=O)[C@H](C)Cn1cnc2ccc(-c3cnc(OC)c(NS(=O)(=O)c4cccc(F)c4F)c3)cc2c1=O. The molecule has 0 saturated heterocycles. The van der Waals surface area contributed by atoms with E-state index in [1.165, 1.54) is 74.6 Å². The van der Waals surface area contributed by atoms with Gasteiger partial charge in [-0.25, -0.2) is 54.3 Å². The van der Waals surface area contributed by atoms with Crippen molar-refractivity contribution in [3.8, 4) is 34.0 Å². The molecule has 0 spiro atoms. The highest BCUT2D eigenvalue weighted by atomic mass is 32.2. The number of methoxy groups -OCH3 is 2. The quantitative estimate of drug-likeness (QED) is 0.0827. The van der Waals surface area contributed by atoms with Crippen LogP contribution >= 0.6 is 0 Å². The summed E-state index contributed by atoms with van der Waals surface area (Å²) in [6.45, 7) is 3.62. The van der Waals surface area contributed by atoms with Gasteiger partial charge in [0.25, 0.3) is 31.2 Å². The lowest BCUT2D eigenvalue weighted by molar-refractivity contribution is -0.125. The number of nitrogens with one attached hydrogen (secondary N) is 4.